The number of Topliss-reactive ketones (excluding diaryl/α,β-unsaturated/α-hetero) is 1. The molecule has 2 aromatic carbocycles. The van der Waals surface area contributed by atoms with E-state index in [9.17, 15) is 14.4 Å². The van der Waals surface area contributed by atoms with Crippen molar-refractivity contribution in [2.24, 2.45) is 0 Å². The van der Waals surface area contributed by atoms with Crippen molar-refractivity contribution in [2.75, 3.05) is 11.1 Å². The van der Waals surface area contributed by atoms with Crippen LogP contribution in [0.4, 0.5) is 5.69 Å². The first-order valence-corrected chi connectivity index (χ1v) is 9.56. The molecule has 0 saturated heterocycles. The Balaban J connectivity index is 1.87. The van der Waals surface area contributed by atoms with E-state index >= 15 is 0 Å². The normalized spacial score (nSPS) is 11.6. The van der Waals surface area contributed by atoms with Crippen LogP contribution >= 0.6 is 11.8 Å². The number of hydrogen-bond acceptors (Lipinski definition) is 5. The van der Waals surface area contributed by atoms with Crippen molar-refractivity contribution in [3.8, 4) is 0 Å². The van der Waals surface area contributed by atoms with Gasteiger partial charge in [-0.25, -0.2) is 0 Å². The maximum Gasteiger partial charge on any atom is 0.317 e. The van der Waals surface area contributed by atoms with Crippen molar-refractivity contribution in [1.82, 2.24) is 0 Å². The molecule has 0 aromatic heterocycles. The molecule has 2 aromatic rings. The van der Waals surface area contributed by atoms with Crippen LogP contribution in [-0.4, -0.2) is 29.5 Å². The lowest BCUT2D eigenvalue weighted by Crippen LogP contribution is -2.30. The molecule has 6 heteroatoms. The van der Waals surface area contributed by atoms with E-state index in [1.165, 1.54) is 31.2 Å². The van der Waals surface area contributed by atoms with Gasteiger partial charge in [-0.1, -0.05) is 29.8 Å². The summed E-state index contributed by atoms with van der Waals surface area (Å²) in [5.41, 5.74) is 3.25. The molecule has 0 saturated carbocycles. The molecule has 27 heavy (non-hydrogen) atoms. The second kappa shape index (κ2) is 9.37. The minimum atomic E-state index is -0.932. The molecule has 1 atom stereocenters. The van der Waals surface area contributed by atoms with Gasteiger partial charge in [0.2, 0.25) is 0 Å². The number of ketones is 1. The Bertz CT molecular complexity index is 863. The average Bonchev–Trinajstić information content (AvgIpc) is 2.61. The van der Waals surface area contributed by atoms with Crippen LogP contribution < -0.4 is 5.32 Å². The Morgan fingerprint density at radius 2 is 1.85 bits per heavy atom. The molecule has 0 aliphatic heterocycles. The van der Waals surface area contributed by atoms with Crippen LogP contribution in [0.25, 0.3) is 0 Å². The number of rotatable bonds is 7. The first-order chi connectivity index (χ1) is 12.8. The Morgan fingerprint density at radius 1 is 1.11 bits per heavy atom. The second-order valence-electron chi connectivity index (χ2n) is 6.32. The van der Waals surface area contributed by atoms with E-state index in [0.29, 0.717) is 11.3 Å². The summed E-state index contributed by atoms with van der Waals surface area (Å²) in [5, 5.41) is 2.66. The third kappa shape index (κ3) is 6.25. The number of anilines is 1. The predicted molar refractivity (Wildman–Crippen MR) is 107 cm³/mol. The molecular weight excluding hydrogens is 362 g/mol. The predicted octanol–water partition coefficient (Wildman–Crippen LogP) is 4.17. The molecule has 0 fully saturated rings. The summed E-state index contributed by atoms with van der Waals surface area (Å²) < 4.78 is 5.21. The molecule has 1 N–H and O–H groups in total. The molecule has 142 valence electrons. The molecule has 0 radical (unpaired) electrons. The summed E-state index contributed by atoms with van der Waals surface area (Å²) >= 11 is 1.38. The Morgan fingerprint density at radius 3 is 2.52 bits per heavy atom. The van der Waals surface area contributed by atoms with Gasteiger partial charge in [0.25, 0.3) is 5.91 Å². The first kappa shape index (κ1) is 20.7. The van der Waals surface area contributed by atoms with Crippen LogP contribution in [-0.2, 0) is 14.3 Å². The fourth-order valence-electron chi connectivity index (χ4n) is 2.44. The second-order valence-corrected chi connectivity index (χ2v) is 7.33. The van der Waals surface area contributed by atoms with E-state index in [0.717, 1.165) is 10.5 Å². The topological polar surface area (TPSA) is 72.5 Å². The van der Waals surface area contributed by atoms with Crippen LogP contribution in [0.2, 0.25) is 0 Å². The van der Waals surface area contributed by atoms with Crippen molar-refractivity contribution in [2.45, 2.75) is 38.7 Å². The zero-order chi connectivity index (χ0) is 20.0. The first-order valence-electron chi connectivity index (χ1n) is 8.57. The van der Waals surface area contributed by atoms with Gasteiger partial charge in [-0.05, 0) is 51.5 Å². The van der Waals surface area contributed by atoms with E-state index < -0.39 is 18.0 Å². The van der Waals surface area contributed by atoms with Crippen LogP contribution in [0.5, 0.6) is 0 Å². The van der Waals surface area contributed by atoms with Crippen molar-refractivity contribution in [3.05, 3.63) is 59.2 Å². The smallest absolute Gasteiger partial charge is 0.317 e. The minimum absolute atomic E-state index is 0.0889. The van der Waals surface area contributed by atoms with Crippen LogP contribution in [0.1, 0.15) is 35.3 Å². The highest BCUT2D eigenvalue weighted by molar-refractivity contribution is 8.00. The van der Waals surface area contributed by atoms with E-state index in [-0.39, 0.29) is 11.5 Å². The maximum absolute atomic E-state index is 12.2. The number of nitrogens with one attached hydrogen (secondary N) is 1. The van der Waals surface area contributed by atoms with Crippen LogP contribution in [0, 0.1) is 13.8 Å². The van der Waals surface area contributed by atoms with Gasteiger partial charge in [0.05, 0.1) is 5.75 Å². The fourth-order valence-corrected chi connectivity index (χ4v) is 3.23. The number of benzene rings is 2. The van der Waals surface area contributed by atoms with Gasteiger partial charge in [-0.3, -0.25) is 14.4 Å². The van der Waals surface area contributed by atoms with E-state index in [1.807, 2.05) is 26.0 Å². The van der Waals surface area contributed by atoms with Crippen LogP contribution in [0.3, 0.4) is 0 Å². The summed E-state index contributed by atoms with van der Waals surface area (Å²) in [6, 6.07) is 12.6. The number of esters is 1. The van der Waals surface area contributed by atoms with Gasteiger partial charge in [-0.15, -0.1) is 11.8 Å². The molecule has 2 rings (SSSR count). The lowest BCUT2D eigenvalue weighted by molar-refractivity contribution is -0.150. The number of amides is 1. The maximum atomic E-state index is 12.2. The Kier molecular flexibility index (Phi) is 7.19. The molecule has 0 spiro atoms. The van der Waals surface area contributed by atoms with Crippen molar-refractivity contribution >= 4 is 35.1 Å². The molecule has 0 bridgehead atoms. The highest BCUT2D eigenvalue weighted by Gasteiger charge is 2.18. The van der Waals surface area contributed by atoms with Gasteiger partial charge in [0.1, 0.15) is 0 Å². The summed E-state index contributed by atoms with van der Waals surface area (Å²) in [6.07, 6.45) is -0.932. The molecular formula is C21H23NO4S. The number of carbonyl (C=O) groups excluding carboxylic acids is 3. The van der Waals surface area contributed by atoms with E-state index in [2.05, 4.69) is 11.4 Å². The SMILES string of the molecule is CC(=O)c1cccc(NC(=O)[C@@H](C)OC(=O)CSc2ccc(C)cc2C)c1. The van der Waals surface area contributed by atoms with Gasteiger partial charge < -0.3 is 10.1 Å². The Labute approximate surface area is 163 Å². The largest absolute Gasteiger partial charge is 0.452 e. The number of hydrogen-bond donors (Lipinski definition) is 1. The number of carbonyl (C=O) groups is 3. The number of ether oxygens (including phenoxy) is 1. The molecule has 0 unspecified atom stereocenters. The molecule has 0 aliphatic carbocycles. The summed E-state index contributed by atoms with van der Waals surface area (Å²) in [4.78, 5) is 36.7. The zero-order valence-corrected chi connectivity index (χ0v) is 16.7. The summed E-state index contributed by atoms with van der Waals surface area (Å²) in [6.45, 7) is 6.98. The van der Waals surface area contributed by atoms with Gasteiger partial charge >= 0.3 is 5.97 Å². The highest BCUT2D eigenvalue weighted by atomic mass is 32.2. The quantitative estimate of drug-likeness (QED) is 0.440. The average molecular weight is 385 g/mol. The number of thioether (sulfide) groups is 1. The highest BCUT2D eigenvalue weighted by Crippen LogP contribution is 2.23. The van der Waals surface area contributed by atoms with E-state index in [1.54, 1.807) is 24.3 Å². The molecule has 5 nitrogen and oxygen atoms in total. The lowest BCUT2D eigenvalue weighted by atomic mass is 10.1. The number of aryl methyl sites for hydroxylation is 2. The zero-order valence-electron chi connectivity index (χ0n) is 15.9. The summed E-state index contributed by atoms with van der Waals surface area (Å²) in [7, 11) is 0. The van der Waals surface area contributed by atoms with E-state index in [4.69, 9.17) is 4.74 Å². The van der Waals surface area contributed by atoms with Crippen molar-refractivity contribution in [3.63, 3.8) is 0 Å². The van der Waals surface area contributed by atoms with Crippen molar-refractivity contribution < 1.29 is 19.1 Å². The van der Waals surface area contributed by atoms with Gasteiger partial charge in [-0.2, -0.15) is 0 Å². The standard InChI is InChI=1S/C21H23NO4S/c1-13-8-9-19(14(2)10-13)27-12-20(24)26-16(4)21(25)22-18-7-5-6-17(11-18)15(3)23/h5-11,16H,12H2,1-4H3,(H,22,25)/t16-/m1/s1. The molecule has 1 amide bonds. The third-order valence-electron chi connectivity index (χ3n) is 3.89. The monoisotopic (exact) mass is 385 g/mol. The lowest BCUT2D eigenvalue weighted by Gasteiger charge is -2.14. The van der Waals surface area contributed by atoms with Gasteiger partial charge in [0, 0.05) is 16.1 Å². The summed E-state index contributed by atoms with van der Waals surface area (Å²) in [5.74, 6) is -0.865. The minimum Gasteiger partial charge on any atom is -0.452 e. The van der Waals surface area contributed by atoms with Crippen molar-refractivity contribution in [1.29, 1.82) is 0 Å². The fraction of sp³-hybridized carbons (Fsp3) is 0.286. The third-order valence-corrected chi connectivity index (χ3v) is 5.04. The molecule has 0 heterocycles. The van der Waals surface area contributed by atoms with Gasteiger partial charge in [0.15, 0.2) is 11.9 Å². The Hall–Kier alpha value is -2.60. The van der Waals surface area contributed by atoms with Crippen LogP contribution in [0.15, 0.2) is 47.4 Å². The molecule has 0 aliphatic rings.